The van der Waals surface area contributed by atoms with Crippen molar-refractivity contribution in [2.45, 2.75) is 19.9 Å². The quantitative estimate of drug-likeness (QED) is 0.223. The lowest BCUT2D eigenvalue weighted by Gasteiger charge is -2.22. The zero-order valence-electron chi connectivity index (χ0n) is 23.3. The van der Waals surface area contributed by atoms with E-state index in [2.05, 4.69) is 59.4 Å². The molecule has 2 N–H and O–H groups in total. The minimum atomic E-state index is -0.515. The van der Waals surface area contributed by atoms with E-state index in [-0.39, 0.29) is 0 Å². The standard InChI is InChI=1S/C32H34N6OS/c1-22-29(15-16-37(4)21-25-18-28(36(2)3)20-34-35-25)30-19-27(13-14-31(30)40-22)38(32(33)39)26-12-8-11-24(17-26)23-9-6-5-7-10-23/h5-14,17-20H,15-16,21H2,1-4H3,(H2,33,39). The van der Waals surface area contributed by atoms with Crippen molar-refractivity contribution in [1.82, 2.24) is 15.1 Å². The van der Waals surface area contributed by atoms with Crippen molar-refractivity contribution in [3.05, 3.63) is 101 Å². The van der Waals surface area contributed by atoms with Crippen molar-refractivity contribution in [1.29, 1.82) is 0 Å². The van der Waals surface area contributed by atoms with Crippen molar-refractivity contribution >= 4 is 44.5 Å². The Hall–Kier alpha value is -4.27. The number of amides is 2. The maximum absolute atomic E-state index is 12.8. The number of primary amides is 1. The van der Waals surface area contributed by atoms with Crippen LogP contribution in [0.5, 0.6) is 0 Å². The highest BCUT2D eigenvalue weighted by molar-refractivity contribution is 7.19. The van der Waals surface area contributed by atoms with Crippen LogP contribution in [0.1, 0.15) is 16.1 Å². The van der Waals surface area contributed by atoms with Crippen LogP contribution < -0.4 is 15.5 Å². The fraction of sp³-hybridized carbons (Fsp3) is 0.219. The molecule has 3 aromatic carbocycles. The number of aromatic nitrogens is 2. The first-order valence-corrected chi connectivity index (χ1v) is 14.1. The van der Waals surface area contributed by atoms with Gasteiger partial charge in [0.1, 0.15) is 0 Å². The lowest BCUT2D eigenvalue weighted by atomic mass is 10.0. The van der Waals surface area contributed by atoms with Crippen molar-refractivity contribution in [3.63, 3.8) is 0 Å². The molecule has 0 fully saturated rings. The Morgan fingerprint density at radius 1 is 0.875 bits per heavy atom. The predicted molar refractivity (Wildman–Crippen MR) is 167 cm³/mol. The lowest BCUT2D eigenvalue weighted by molar-refractivity contribution is 0.256. The number of rotatable bonds is 9. The highest BCUT2D eigenvalue weighted by atomic mass is 32.1. The number of urea groups is 1. The minimum absolute atomic E-state index is 0.515. The third-order valence-corrected chi connectivity index (χ3v) is 8.18. The van der Waals surface area contributed by atoms with Gasteiger partial charge in [0.2, 0.25) is 0 Å². The summed E-state index contributed by atoms with van der Waals surface area (Å²) in [6.45, 7) is 3.75. The molecular formula is C32H34N6OS. The second-order valence-electron chi connectivity index (χ2n) is 10.2. The molecular weight excluding hydrogens is 516 g/mol. The number of aryl methyl sites for hydroxylation is 1. The molecule has 204 valence electrons. The van der Waals surface area contributed by atoms with Crippen LogP contribution in [0.15, 0.2) is 85.1 Å². The molecule has 40 heavy (non-hydrogen) atoms. The van der Waals surface area contributed by atoms with E-state index >= 15 is 0 Å². The zero-order chi connectivity index (χ0) is 28.2. The zero-order valence-corrected chi connectivity index (χ0v) is 24.2. The average molecular weight is 551 g/mol. The molecule has 8 heteroatoms. The van der Waals surface area contributed by atoms with Gasteiger partial charge in [-0.3, -0.25) is 4.90 Å². The van der Waals surface area contributed by atoms with E-state index in [4.69, 9.17) is 5.73 Å². The summed E-state index contributed by atoms with van der Waals surface area (Å²) in [7, 11) is 6.11. The summed E-state index contributed by atoms with van der Waals surface area (Å²) in [5, 5.41) is 9.62. The molecule has 0 radical (unpaired) electrons. The SMILES string of the molecule is Cc1sc2ccc(N(C(N)=O)c3cccc(-c4ccccc4)c3)cc2c1CCN(C)Cc1cc(N(C)C)cnn1. The van der Waals surface area contributed by atoms with Gasteiger partial charge in [-0.15, -0.1) is 11.3 Å². The fourth-order valence-corrected chi connectivity index (χ4v) is 6.04. The van der Waals surface area contributed by atoms with Crippen LogP contribution in [-0.2, 0) is 13.0 Å². The van der Waals surface area contributed by atoms with Crippen LogP contribution in [-0.4, -0.2) is 48.8 Å². The molecule has 0 unspecified atom stereocenters. The van der Waals surface area contributed by atoms with E-state index in [9.17, 15) is 4.79 Å². The first-order valence-electron chi connectivity index (χ1n) is 13.2. The molecule has 2 heterocycles. The number of benzene rings is 3. The van der Waals surface area contributed by atoms with Gasteiger partial charge in [-0.2, -0.15) is 10.2 Å². The van der Waals surface area contributed by atoms with Gasteiger partial charge in [0.25, 0.3) is 0 Å². The van der Waals surface area contributed by atoms with E-state index < -0.39 is 6.03 Å². The molecule has 5 rings (SSSR count). The lowest BCUT2D eigenvalue weighted by Crippen LogP contribution is -2.31. The topological polar surface area (TPSA) is 78.6 Å². The summed E-state index contributed by atoms with van der Waals surface area (Å²) in [4.78, 5) is 19.9. The normalized spacial score (nSPS) is 11.2. The largest absolute Gasteiger partial charge is 0.376 e. The number of carbonyl (C=O) groups excluding carboxylic acids is 1. The molecule has 0 aliphatic rings. The summed E-state index contributed by atoms with van der Waals surface area (Å²) >= 11 is 1.78. The van der Waals surface area contributed by atoms with Gasteiger partial charge in [0.15, 0.2) is 0 Å². The maximum Gasteiger partial charge on any atom is 0.323 e. The Morgan fingerprint density at radius 3 is 2.38 bits per heavy atom. The first kappa shape index (κ1) is 27.3. The summed E-state index contributed by atoms with van der Waals surface area (Å²) in [6, 6.07) is 25.8. The van der Waals surface area contributed by atoms with Crippen molar-refractivity contribution in [3.8, 4) is 11.1 Å². The first-order chi connectivity index (χ1) is 19.3. The monoisotopic (exact) mass is 550 g/mol. The number of anilines is 3. The number of hydrogen-bond acceptors (Lipinski definition) is 6. The number of likely N-dealkylation sites (N-methyl/N-ethyl adjacent to an activating group) is 1. The molecule has 0 saturated carbocycles. The van der Waals surface area contributed by atoms with Crippen LogP contribution in [0.2, 0.25) is 0 Å². The van der Waals surface area contributed by atoms with Crippen LogP contribution in [0.3, 0.4) is 0 Å². The molecule has 2 aromatic heterocycles. The van der Waals surface area contributed by atoms with Gasteiger partial charge in [-0.1, -0.05) is 42.5 Å². The Morgan fingerprint density at radius 2 is 1.62 bits per heavy atom. The number of nitrogens with zero attached hydrogens (tertiary/aromatic N) is 5. The predicted octanol–water partition coefficient (Wildman–Crippen LogP) is 6.62. The molecule has 7 nitrogen and oxygen atoms in total. The third-order valence-electron chi connectivity index (χ3n) is 7.05. The Bertz CT molecular complexity index is 1630. The summed E-state index contributed by atoms with van der Waals surface area (Å²) < 4.78 is 1.20. The van der Waals surface area contributed by atoms with Gasteiger partial charge >= 0.3 is 6.03 Å². The molecule has 0 bridgehead atoms. The third kappa shape index (κ3) is 5.98. The summed E-state index contributed by atoms with van der Waals surface area (Å²) in [5.41, 5.74) is 12.8. The van der Waals surface area contributed by atoms with Crippen LogP contribution >= 0.6 is 11.3 Å². The number of nitrogens with two attached hydrogens (primary N) is 1. The van der Waals surface area contributed by atoms with E-state index in [0.29, 0.717) is 6.54 Å². The van der Waals surface area contributed by atoms with E-state index in [0.717, 1.165) is 52.2 Å². The maximum atomic E-state index is 12.8. The number of hydrogen-bond donors (Lipinski definition) is 1. The van der Waals surface area contributed by atoms with Gasteiger partial charge in [0, 0.05) is 36.8 Å². The van der Waals surface area contributed by atoms with Crippen molar-refractivity contribution in [2.24, 2.45) is 5.73 Å². The van der Waals surface area contributed by atoms with Gasteiger partial charge < -0.3 is 15.5 Å². The second-order valence-corrected chi connectivity index (χ2v) is 11.5. The average Bonchev–Trinajstić information content (AvgIpc) is 3.26. The second kappa shape index (κ2) is 11.9. The van der Waals surface area contributed by atoms with Crippen molar-refractivity contribution in [2.75, 3.05) is 37.5 Å². The van der Waals surface area contributed by atoms with E-state index in [1.54, 1.807) is 22.4 Å². The number of fused-ring (bicyclic) bond motifs is 1. The van der Waals surface area contributed by atoms with Crippen LogP contribution in [0.25, 0.3) is 21.2 Å². The van der Waals surface area contributed by atoms with Gasteiger partial charge in [0.05, 0.1) is 29.0 Å². The molecule has 0 saturated heterocycles. The molecule has 2 amide bonds. The highest BCUT2D eigenvalue weighted by Gasteiger charge is 2.19. The number of carbonyl (C=O) groups is 1. The van der Waals surface area contributed by atoms with Crippen LogP contribution in [0, 0.1) is 6.92 Å². The van der Waals surface area contributed by atoms with Crippen molar-refractivity contribution < 1.29 is 4.79 Å². The highest BCUT2D eigenvalue weighted by Crippen LogP contribution is 2.37. The summed E-state index contributed by atoms with van der Waals surface area (Å²) in [5.74, 6) is 0. The Labute approximate surface area is 239 Å². The molecule has 5 aromatic rings. The smallest absolute Gasteiger partial charge is 0.323 e. The van der Waals surface area contributed by atoms with Gasteiger partial charge in [-0.05, 0) is 78.9 Å². The Kier molecular flexibility index (Phi) is 8.09. The number of thiophene rings is 1. The molecule has 0 atom stereocenters. The van der Waals surface area contributed by atoms with Gasteiger partial charge in [-0.25, -0.2) is 4.79 Å². The van der Waals surface area contributed by atoms with E-state index in [1.165, 1.54) is 15.1 Å². The summed E-state index contributed by atoms with van der Waals surface area (Å²) in [6.07, 6.45) is 2.65. The molecule has 0 spiro atoms. The molecule has 0 aliphatic heterocycles. The van der Waals surface area contributed by atoms with E-state index in [1.807, 2.05) is 67.5 Å². The minimum Gasteiger partial charge on any atom is -0.376 e. The fourth-order valence-electron chi connectivity index (χ4n) is 4.95. The Balaban J connectivity index is 1.40. The van der Waals surface area contributed by atoms with Crippen LogP contribution in [0.4, 0.5) is 21.9 Å². The molecule has 0 aliphatic carbocycles.